The van der Waals surface area contributed by atoms with Crippen LogP contribution in [0, 0.1) is 0 Å². The van der Waals surface area contributed by atoms with Crippen LogP contribution < -0.4 is 0 Å². The van der Waals surface area contributed by atoms with Crippen molar-refractivity contribution >= 4 is 6.08 Å². The molecule has 0 radical (unpaired) electrons. The summed E-state index contributed by atoms with van der Waals surface area (Å²) in [5.74, 6) is 0. The highest BCUT2D eigenvalue weighted by atomic mass is 16.5. The fourth-order valence-electron chi connectivity index (χ4n) is 3.03. The Labute approximate surface area is 148 Å². The van der Waals surface area contributed by atoms with Gasteiger partial charge in [0.15, 0.2) is 0 Å². The van der Waals surface area contributed by atoms with Gasteiger partial charge in [-0.3, -0.25) is 4.68 Å². The van der Waals surface area contributed by atoms with Crippen molar-refractivity contribution in [2.75, 3.05) is 13.7 Å². The summed E-state index contributed by atoms with van der Waals surface area (Å²) in [7, 11) is 3.67. The van der Waals surface area contributed by atoms with Gasteiger partial charge in [-0.25, -0.2) is 4.98 Å². The number of hydrogen-bond acceptors (Lipinski definition) is 3. The molecule has 0 bridgehead atoms. The van der Waals surface area contributed by atoms with E-state index in [-0.39, 0.29) is 6.04 Å². The standard InChI is InChI=1S/C20H24N4O/c1-15(2)12-18-20(16-8-6-5-7-9-16)21-14-24(18)19(13-25-4)17-10-11-22-23(17)3/h5-12,14,19H,13H2,1-4H3. The van der Waals surface area contributed by atoms with Gasteiger partial charge in [-0.1, -0.05) is 35.9 Å². The molecule has 0 amide bonds. The van der Waals surface area contributed by atoms with Gasteiger partial charge in [0.1, 0.15) is 6.04 Å². The van der Waals surface area contributed by atoms with Crippen molar-refractivity contribution in [3.63, 3.8) is 0 Å². The van der Waals surface area contributed by atoms with E-state index in [1.165, 1.54) is 5.57 Å². The summed E-state index contributed by atoms with van der Waals surface area (Å²) in [6.07, 6.45) is 5.88. The van der Waals surface area contributed by atoms with Gasteiger partial charge < -0.3 is 9.30 Å². The summed E-state index contributed by atoms with van der Waals surface area (Å²) in [6, 6.07) is 12.3. The smallest absolute Gasteiger partial charge is 0.100 e. The maximum Gasteiger partial charge on any atom is 0.100 e. The Kier molecular flexibility index (Phi) is 5.14. The molecular formula is C20H24N4O. The number of imidazole rings is 1. The van der Waals surface area contributed by atoms with Crippen molar-refractivity contribution in [1.29, 1.82) is 0 Å². The number of hydrogen-bond donors (Lipinski definition) is 0. The van der Waals surface area contributed by atoms with Gasteiger partial charge in [0.25, 0.3) is 0 Å². The minimum Gasteiger partial charge on any atom is -0.382 e. The van der Waals surface area contributed by atoms with Crippen LogP contribution in [-0.2, 0) is 11.8 Å². The number of nitrogens with zero attached hydrogens (tertiary/aromatic N) is 4. The number of allylic oxidation sites excluding steroid dienone is 1. The second kappa shape index (κ2) is 7.49. The molecule has 1 atom stereocenters. The van der Waals surface area contributed by atoms with Crippen LogP contribution in [0.2, 0.25) is 0 Å². The Morgan fingerprint density at radius 2 is 1.96 bits per heavy atom. The highest BCUT2D eigenvalue weighted by Gasteiger charge is 2.22. The first kappa shape index (κ1) is 17.2. The van der Waals surface area contributed by atoms with Crippen LogP contribution in [0.4, 0.5) is 0 Å². The quantitative estimate of drug-likeness (QED) is 0.685. The highest BCUT2D eigenvalue weighted by molar-refractivity contribution is 5.71. The second-order valence-electron chi connectivity index (χ2n) is 6.32. The lowest BCUT2D eigenvalue weighted by molar-refractivity contribution is 0.166. The van der Waals surface area contributed by atoms with Crippen molar-refractivity contribution < 1.29 is 4.74 Å². The topological polar surface area (TPSA) is 44.9 Å². The zero-order chi connectivity index (χ0) is 17.8. The minimum absolute atomic E-state index is 0.00747. The highest BCUT2D eigenvalue weighted by Crippen LogP contribution is 2.29. The molecule has 0 spiro atoms. The predicted molar refractivity (Wildman–Crippen MR) is 100 cm³/mol. The molecule has 2 heterocycles. The van der Waals surface area contributed by atoms with Gasteiger partial charge in [0, 0.05) is 25.9 Å². The third-order valence-corrected chi connectivity index (χ3v) is 4.17. The summed E-state index contributed by atoms with van der Waals surface area (Å²) in [6.45, 7) is 4.75. The van der Waals surface area contributed by atoms with Crippen LogP contribution in [-0.4, -0.2) is 33.0 Å². The third kappa shape index (κ3) is 3.56. The molecule has 130 valence electrons. The maximum atomic E-state index is 5.50. The van der Waals surface area contributed by atoms with E-state index in [1.807, 2.05) is 48.5 Å². The Morgan fingerprint density at radius 3 is 2.56 bits per heavy atom. The zero-order valence-electron chi connectivity index (χ0n) is 15.2. The lowest BCUT2D eigenvalue weighted by atomic mass is 10.1. The summed E-state index contributed by atoms with van der Waals surface area (Å²) in [4.78, 5) is 4.72. The summed E-state index contributed by atoms with van der Waals surface area (Å²) in [5, 5.41) is 4.31. The lowest BCUT2D eigenvalue weighted by Crippen LogP contribution is -2.20. The molecule has 0 aliphatic rings. The molecule has 25 heavy (non-hydrogen) atoms. The summed E-state index contributed by atoms with van der Waals surface area (Å²) in [5.41, 5.74) is 5.47. The van der Waals surface area contributed by atoms with Crippen LogP contribution in [0.15, 0.2) is 54.5 Å². The molecule has 3 rings (SSSR count). The zero-order valence-corrected chi connectivity index (χ0v) is 15.2. The lowest BCUT2D eigenvalue weighted by Gasteiger charge is -2.20. The number of ether oxygens (including phenoxy) is 1. The van der Waals surface area contributed by atoms with Gasteiger partial charge in [-0.15, -0.1) is 0 Å². The molecular weight excluding hydrogens is 312 g/mol. The predicted octanol–water partition coefficient (Wildman–Crippen LogP) is 3.94. The molecule has 1 unspecified atom stereocenters. The average molecular weight is 336 g/mol. The number of aryl methyl sites for hydroxylation is 1. The largest absolute Gasteiger partial charge is 0.382 e. The number of aromatic nitrogens is 4. The first-order chi connectivity index (χ1) is 12.1. The van der Waals surface area contributed by atoms with E-state index in [0.29, 0.717) is 6.61 Å². The molecule has 5 nitrogen and oxygen atoms in total. The van der Waals surface area contributed by atoms with Gasteiger partial charge in [-0.05, 0) is 26.0 Å². The molecule has 2 aromatic heterocycles. The van der Waals surface area contributed by atoms with Crippen molar-refractivity contribution in [3.8, 4) is 11.3 Å². The van der Waals surface area contributed by atoms with Crippen LogP contribution >= 0.6 is 0 Å². The SMILES string of the molecule is COCC(c1ccnn1C)n1cnc(-c2ccccc2)c1C=C(C)C. The van der Waals surface area contributed by atoms with Crippen LogP contribution in [0.5, 0.6) is 0 Å². The van der Waals surface area contributed by atoms with E-state index in [9.17, 15) is 0 Å². The molecule has 0 aliphatic carbocycles. The van der Waals surface area contributed by atoms with E-state index >= 15 is 0 Å². The van der Waals surface area contributed by atoms with E-state index in [0.717, 1.165) is 22.6 Å². The van der Waals surface area contributed by atoms with Crippen molar-refractivity contribution in [3.05, 3.63) is 65.9 Å². The van der Waals surface area contributed by atoms with Crippen LogP contribution in [0.3, 0.4) is 0 Å². The number of methoxy groups -OCH3 is 1. The molecule has 0 N–H and O–H groups in total. The molecule has 0 aliphatic heterocycles. The Bertz CT molecular complexity index is 857. The molecule has 0 saturated heterocycles. The third-order valence-electron chi connectivity index (χ3n) is 4.17. The fourth-order valence-corrected chi connectivity index (χ4v) is 3.03. The summed E-state index contributed by atoms with van der Waals surface area (Å²) < 4.78 is 9.57. The van der Waals surface area contributed by atoms with E-state index in [4.69, 9.17) is 9.72 Å². The fraction of sp³-hybridized carbons (Fsp3) is 0.300. The Balaban J connectivity index is 2.16. The minimum atomic E-state index is 0.00747. The first-order valence-corrected chi connectivity index (χ1v) is 8.35. The normalized spacial score (nSPS) is 12.2. The average Bonchev–Trinajstić information content (AvgIpc) is 3.20. The van der Waals surface area contributed by atoms with E-state index in [2.05, 4.69) is 41.7 Å². The monoisotopic (exact) mass is 336 g/mol. The van der Waals surface area contributed by atoms with Gasteiger partial charge in [0.05, 0.1) is 30.0 Å². The molecule has 3 aromatic rings. The van der Waals surface area contributed by atoms with Crippen LogP contribution in [0.25, 0.3) is 17.3 Å². The van der Waals surface area contributed by atoms with Gasteiger partial charge >= 0.3 is 0 Å². The molecule has 0 saturated carbocycles. The van der Waals surface area contributed by atoms with Crippen molar-refractivity contribution in [2.24, 2.45) is 7.05 Å². The van der Waals surface area contributed by atoms with Crippen molar-refractivity contribution in [2.45, 2.75) is 19.9 Å². The molecule has 5 heteroatoms. The van der Waals surface area contributed by atoms with Crippen LogP contribution in [0.1, 0.15) is 31.3 Å². The second-order valence-corrected chi connectivity index (χ2v) is 6.32. The number of rotatable bonds is 6. The maximum absolute atomic E-state index is 5.50. The first-order valence-electron chi connectivity index (χ1n) is 8.35. The van der Waals surface area contributed by atoms with Crippen molar-refractivity contribution in [1.82, 2.24) is 19.3 Å². The molecule has 1 aromatic carbocycles. The van der Waals surface area contributed by atoms with Gasteiger partial charge in [-0.2, -0.15) is 5.10 Å². The molecule has 0 fully saturated rings. The van der Waals surface area contributed by atoms with E-state index < -0.39 is 0 Å². The summed E-state index contributed by atoms with van der Waals surface area (Å²) >= 11 is 0. The number of benzene rings is 1. The Hall–Kier alpha value is -2.66. The Morgan fingerprint density at radius 1 is 1.20 bits per heavy atom. The van der Waals surface area contributed by atoms with Gasteiger partial charge in [0.2, 0.25) is 0 Å². The van der Waals surface area contributed by atoms with E-state index in [1.54, 1.807) is 7.11 Å².